The number of carbonyl (C=O) groups is 1. The zero-order valence-electron chi connectivity index (χ0n) is 19.0. The lowest BCUT2D eigenvalue weighted by Crippen LogP contribution is -2.48. The highest BCUT2D eigenvalue weighted by atomic mass is 16.2. The van der Waals surface area contributed by atoms with Crippen molar-refractivity contribution in [1.29, 1.82) is 0 Å². The number of fused-ring (bicyclic) bond motifs is 2. The van der Waals surface area contributed by atoms with E-state index in [9.17, 15) is 4.79 Å². The average Bonchev–Trinajstić information content (AvgIpc) is 3.46. The van der Waals surface area contributed by atoms with Crippen molar-refractivity contribution in [1.82, 2.24) is 24.3 Å². The number of H-pyrrole nitrogens is 1. The lowest BCUT2D eigenvalue weighted by atomic mass is 10.2. The van der Waals surface area contributed by atoms with Gasteiger partial charge in [-0.2, -0.15) is 0 Å². The van der Waals surface area contributed by atoms with Crippen molar-refractivity contribution in [3.8, 4) is 0 Å². The Morgan fingerprint density at radius 2 is 1.56 bits per heavy atom. The van der Waals surface area contributed by atoms with Crippen molar-refractivity contribution in [2.45, 2.75) is 13.1 Å². The molecule has 0 spiro atoms. The second kappa shape index (κ2) is 8.80. The number of para-hydroxylation sites is 3. The Morgan fingerprint density at radius 3 is 2.38 bits per heavy atom. The number of hydrogen-bond donors (Lipinski definition) is 1. The lowest BCUT2D eigenvalue weighted by Gasteiger charge is -2.34. The first-order valence-electron chi connectivity index (χ1n) is 11.8. The molecule has 3 aromatic carbocycles. The third-order valence-corrected chi connectivity index (χ3v) is 6.70. The van der Waals surface area contributed by atoms with Crippen LogP contribution in [-0.4, -0.2) is 56.4 Å². The Kier molecular flexibility index (Phi) is 5.35. The van der Waals surface area contributed by atoms with E-state index >= 15 is 0 Å². The highest BCUT2D eigenvalue weighted by Gasteiger charge is 2.24. The molecule has 0 aliphatic carbocycles. The van der Waals surface area contributed by atoms with Crippen molar-refractivity contribution in [3.63, 3.8) is 0 Å². The molecule has 0 unspecified atom stereocenters. The fourth-order valence-electron chi connectivity index (χ4n) is 4.86. The summed E-state index contributed by atoms with van der Waals surface area (Å²) < 4.78 is 2.33. The number of carbonyl (C=O) groups excluding carboxylic acids is 1. The predicted molar refractivity (Wildman–Crippen MR) is 135 cm³/mol. The number of aromatic amines is 1. The van der Waals surface area contributed by atoms with Crippen LogP contribution in [0.2, 0.25) is 0 Å². The van der Waals surface area contributed by atoms with Crippen LogP contribution < -0.4 is 0 Å². The molecule has 170 valence electrons. The Hall–Kier alpha value is -3.90. The number of piperazine rings is 1. The van der Waals surface area contributed by atoms with Crippen LogP contribution >= 0.6 is 0 Å². The van der Waals surface area contributed by atoms with Crippen molar-refractivity contribution < 1.29 is 4.79 Å². The van der Waals surface area contributed by atoms with Gasteiger partial charge in [0.15, 0.2) is 0 Å². The number of imidazole rings is 1. The van der Waals surface area contributed by atoms with Gasteiger partial charge < -0.3 is 14.5 Å². The second-order valence-corrected chi connectivity index (χ2v) is 8.93. The largest absolute Gasteiger partial charge is 0.351 e. The number of aromatic nitrogens is 3. The lowest BCUT2D eigenvalue weighted by molar-refractivity contribution is 0.0619. The minimum Gasteiger partial charge on any atom is -0.351 e. The van der Waals surface area contributed by atoms with Crippen LogP contribution in [0, 0.1) is 0 Å². The molecule has 6 rings (SSSR count). The van der Waals surface area contributed by atoms with Crippen LogP contribution in [0.4, 0.5) is 0 Å². The number of nitrogens with one attached hydrogen (secondary N) is 1. The van der Waals surface area contributed by atoms with Gasteiger partial charge >= 0.3 is 0 Å². The predicted octanol–water partition coefficient (Wildman–Crippen LogP) is 4.52. The van der Waals surface area contributed by atoms with Gasteiger partial charge in [-0.1, -0.05) is 60.7 Å². The summed E-state index contributed by atoms with van der Waals surface area (Å²) >= 11 is 0. The van der Waals surface area contributed by atoms with E-state index in [1.54, 1.807) is 0 Å². The molecule has 0 bridgehead atoms. The van der Waals surface area contributed by atoms with Gasteiger partial charge in [0.25, 0.3) is 5.91 Å². The molecule has 1 aliphatic heterocycles. The zero-order chi connectivity index (χ0) is 22.9. The number of hydrogen-bond acceptors (Lipinski definition) is 3. The Morgan fingerprint density at radius 1 is 0.824 bits per heavy atom. The quantitative estimate of drug-likeness (QED) is 0.429. The maximum absolute atomic E-state index is 13.1. The van der Waals surface area contributed by atoms with E-state index in [2.05, 4.69) is 56.9 Å². The fourth-order valence-corrected chi connectivity index (χ4v) is 4.86. The molecule has 1 N–H and O–H groups in total. The monoisotopic (exact) mass is 449 g/mol. The molecule has 34 heavy (non-hydrogen) atoms. The van der Waals surface area contributed by atoms with E-state index in [4.69, 9.17) is 4.98 Å². The first-order chi connectivity index (χ1) is 16.7. The summed E-state index contributed by atoms with van der Waals surface area (Å²) in [5.41, 5.74) is 5.12. The van der Waals surface area contributed by atoms with Crippen LogP contribution in [-0.2, 0) is 13.1 Å². The van der Waals surface area contributed by atoms with Crippen LogP contribution in [0.5, 0.6) is 0 Å². The summed E-state index contributed by atoms with van der Waals surface area (Å²) in [7, 11) is 0. The molecular formula is C28H27N5O. The van der Waals surface area contributed by atoms with E-state index in [1.165, 1.54) is 5.56 Å². The molecule has 6 nitrogen and oxygen atoms in total. The third kappa shape index (κ3) is 3.97. The minimum atomic E-state index is 0.0761. The fraction of sp³-hybridized carbons (Fsp3) is 0.214. The summed E-state index contributed by atoms with van der Waals surface area (Å²) in [5, 5.41) is 1.07. The van der Waals surface area contributed by atoms with E-state index in [1.807, 2.05) is 47.4 Å². The molecule has 0 atom stereocenters. The smallest absolute Gasteiger partial charge is 0.270 e. The summed E-state index contributed by atoms with van der Waals surface area (Å²) in [6.45, 7) is 4.67. The molecule has 3 heterocycles. The molecule has 1 fully saturated rings. The highest BCUT2D eigenvalue weighted by Crippen LogP contribution is 2.21. The molecule has 2 aromatic heterocycles. The molecule has 0 saturated carbocycles. The minimum absolute atomic E-state index is 0.0761. The van der Waals surface area contributed by atoms with E-state index < -0.39 is 0 Å². The Balaban J connectivity index is 1.17. The van der Waals surface area contributed by atoms with Crippen LogP contribution in [0.1, 0.15) is 21.9 Å². The number of benzene rings is 3. The van der Waals surface area contributed by atoms with Gasteiger partial charge in [-0.15, -0.1) is 0 Å². The first-order valence-corrected chi connectivity index (χ1v) is 11.8. The third-order valence-electron chi connectivity index (χ3n) is 6.70. The summed E-state index contributed by atoms with van der Waals surface area (Å²) in [6, 6.07) is 28.8. The molecule has 5 aromatic rings. The number of rotatable bonds is 5. The number of amides is 1. The van der Waals surface area contributed by atoms with Gasteiger partial charge in [0.2, 0.25) is 0 Å². The van der Waals surface area contributed by atoms with Gasteiger partial charge in [0.1, 0.15) is 11.5 Å². The maximum Gasteiger partial charge on any atom is 0.270 e. The molecular weight excluding hydrogens is 422 g/mol. The van der Waals surface area contributed by atoms with Gasteiger partial charge in [-0.05, 0) is 29.8 Å². The van der Waals surface area contributed by atoms with Crippen LogP contribution in [0.25, 0.3) is 21.9 Å². The summed E-state index contributed by atoms with van der Waals surface area (Å²) in [6.07, 6.45) is 0. The molecule has 6 heteroatoms. The van der Waals surface area contributed by atoms with Crippen molar-refractivity contribution in [2.24, 2.45) is 0 Å². The van der Waals surface area contributed by atoms with Crippen molar-refractivity contribution in [2.75, 3.05) is 26.2 Å². The molecule has 1 amide bonds. The standard InChI is InChI=1S/C28H27N5O/c34-28(25-18-22-10-4-5-11-23(22)29-25)32-16-14-31(15-17-32)20-27-30-24-12-6-7-13-26(24)33(27)19-21-8-2-1-3-9-21/h1-13,18,29H,14-17,19-20H2. The van der Waals surface area contributed by atoms with Gasteiger partial charge in [0, 0.05) is 43.6 Å². The van der Waals surface area contributed by atoms with E-state index in [0.29, 0.717) is 18.8 Å². The summed E-state index contributed by atoms with van der Waals surface area (Å²) in [4.78, 5) is 25.7. The molecule has 1 aliphatic rings. The molecule has 0 radical (unpaired) electrons. The zero-order valence-corrected chi connectivity index (χ0v) is 19.0. The topological polar surface area (TPSA) is 57.2 Å². The van der Waals surface area contributed by atoms with Gasteiger partial charge in [-0.3, -0.25) is 9.69 Å². The van der Waals surface area contributed by atoms with E-state index in [-0.39, 0.29) is 5.91 Å². The van der Waals surface area contributed by atoms with Crippen LogP contribution in [0.3, 0.4) is 0 Å². The molecule has 1 saturated heterocycles. The average molecular weight is 450 g/mol. The van der Waals surface area contributed by atoms with Crippen molar-refractivity contribution in [3.05, 3.63) is 102 Å². The maximum atomic E-state index is 13.1. The Labute approximate surface area is 198 Å². The van der Waals surface area contributed by atoms with E-state index in [0.717, 1.165) is 53.9 Å². The first kappa shape index (κ1) is 20.7. The highest BCUT2D eigenvalue weighted by molar-refractivity contribution is 5.98. The van der Waals surface area contributed by atoms with Gasteiger partial charge in [-0.25, -0.2) is 4.98 Å². The second-order valence-electron chi connectivity index (χ2n) is 8.93. The Bertz CT molecular complexity index is 1410. The van der Waals surface area contributed by atoms with Gasteiger partial charge in [0.05, 0.1) is 17.6 Å². The normalized spacial score (nSPS) is 14.8. The summed E-state index contributed by atoms with van der Waals surface area (Å²) in [5.74, 6) is 1.15. The van der Waals surface area contributed by atoms with Crippen LogP contribution in [0.15, 0.2) is 84.9 Å². The number of nitrogens with zero attached hydrogens (tertiary/aromatic N) is 4. The SMILES string of the molecule is O=C(c1cc2ccccc2[nH]1)N1CCN(Cc2nc3ccccc3n2Cc2ccccc2)CC1. The van der Waals surface area contributed by atoms with Crippen molar-refractivity contribution >= 4 is 27.8 Å².